The van der Waals surface area contributed by atoms with Gasteiger partial charge in [-0.05, 0) is 31.2 Å². The van der Waals surface area contributed by atoms with Gasteiger partial charge in [0.2, 0.25) is 0 Å². The molecular weight excluding hydrogens is 370 g/mol. The summed E-state index contributed by atoms with van der Waals surface area (Å²) in [4.78, 5) is 16.0. The Morgan fingerprint density at radius 3 is 2.54 bits per heavy atom. The molecule has 0 saturated heterocycles. The van der Waals surface area contributed by atoms with Crippen LogP contribution >= 0.6 is 23.2 Å². The minimum atomic E-state index is -4.77. The van der Waals surface area contributed by atoms with Gasteiger partial charge >= 0.3 is 12.1 Å². The second-order valence-corrected chi connectivity index (χ2v) is 5.79. The van der Waals surface area contributed by atoms with Crippen molar-refractivity contribution in [3.05, 3.63) is 46.0 Å². The molecule has 0 radical (unpaired) electrons. The van der Waals surface area contributed by atoms with E-state index in [1.807, 2.05) is 0 Å². The standard InChI is InChI=1S/C15H12Cl2F3NO3/c1-2-23-13(22)4-3-12-8-14(24-21-12,15(18,19)20)9-5-10(16)7-11(17)6-9/h3-7H,2,8H2,1H3/b4-3+. The normalized spacial score (nSPS) is 20.8. The third-order valence-corrected chi connectivity index (χ3v) is 3.67. The molecule has 0 aromatic heterocycles. The molecule has 0 N–H and O–H groups in total. The van der Waals surface area contributed by atoms with Crippen molar-refractivity contribution in [2.24, 2.45) is 5.16 Å². The van der Waals surface area contributed by atoms with Crippen molar-refractivity contribution in [2.75, 3.05) is 6.61 Å². The van der Waals surface area contributed by atoms with E-state index in [0.717, 1.165) is 24.3 Å². The summed E-state index contributed by atoms with van der Waals surface area (Å²) < 4.78 is 45.6. The Morgan fingerprint density at radius 2 is 2.00 bits per heavy atom. The summed E-state index contributed by atoms with van der Waals surface area (Å²) in [5, 5.41) is 3.52. The van der Waals surface area contributed by atoms with E-state index in [0.29, 0.717) is 0 Å². The predicted octanol–water partition coefficient (Wildman–Crippen LogP) is 4.65. The summed E-state index contributed by atoms with van der Waals surface area (Å²) in [5.41, 5.74) is -3.04. The predicted molar refractivity (Wildman–Crippen MR) is 83.1 cm³/mol. The maximum Gasteiger partial charge on any atom is 0.435 e. The van der Waals surface area contributed by atoms with E-state index in [2.05, 4.69) is 9.89 Å². The molecule has 1 heterocycles. The number of carbonyl (C=O) groups is 1. The molecule has 0 saturated carbocycles. The van der Waals surface area contributed by atoms with Gasteiger partial charge in [-0.2, -0.15) is 13.2 Å². The number of allylic oxidation sites excluding steroid dienone is 1. The topological polar surface area (TPSA) is 47.9 Å². The van der Waals surface area contributed by atoms with E-state index in [-0.39, 0.29) is 27.9 Å². The first-order chi connectivity index (χ1) is 11.2. The number of esters is 1. The van der Waals surface area contributed by atoms with Gasteiger partial charge in [0.25, 0.3) is 5.60 Å². The Kier molecular flexibility index (Phi) is 5.45. The molecule has 9 heteroatoms. The lowest BCUT2D eigenvalue weighted by Gasteiger charge is -2.29. The number of nitrogens with zero attached hydrogens (tertiary/aromatic N) is 1. The molecule has 1 atom stereocenters. The lowest BCUT2D eigenvalue weighted by Crippen LogP contribution is -2.42. The molecule has 0 amide bonds. The number of ether oxygens (including phenoxy) is 1. The smallest absolute Gasteiger partial charge is 0.435 e. The van der Waals surface area contributed by atoms with Crippen molar-refractivity contribution in [3.63, 3.8) is 0 Å². The summed E-state index contributed by atoms with van der Waals surface area (Å²) in [6.45, 7) is 1.76. The van der Waals surface area contributed by atoms with E-state index in [4.69, 9.17) is 28.0 Å². The lowest BCUT2D eigenvalue weighted by atomic mass is 9.88. The third-order valence-electron chi connectivity index (χ3n) is 3.23. The van der Waals surface area contributed by atoms with Gasteiger partial charge in [-0.3, -0.25) is 0 Å². The fraction of sp³-hybridized carbons (Fsp3) is 0.333. The van der Waals surface area contributed by atoms with Gasteiger partial charge in [-0.15, -0.1) is 0 Å². The minimum absolute atomic E-state index is 0.0419. The van der Waals surface area contributed by atoms with Crippen LogP contribution in [0.5, 0.6) is 0 Å². The Bertz CT molecular complexity index is 683. The summed E-state index contributed by atoms with van der Waals surface area (Å²) in [6.07, 6.45) is -3.28. The zero-order chi connectivity index (χ0) is 18.0. The third kappa shape index (κ3) is 3.84. The van der Waals surface area contributed by atoms with E-state index in [1.165, 1.54) is 6.07 Å². The molecule has 0 spiro atoms. The number of hydrogen-bond acceptors (Lipinski definition) is 4. The van der Waals surface area contributed by atoms with Crippen LogP contribution < -0.4 is 0 Å². The van der Waals surface area contributed by atoms with E-state index < -0.39 is 24.2 Å². The number of halogens is 5. The number of oxime groups is 1. The number of rotatable bonds is 4. The molecule has 2 rings (SSSR count). The van der Waals surface area contributed by atoms with E-state index >= 15 is 0 Å². The van der Waals surface area contributed by atoms with E-state index in [9.17, 15) is 18.0 Å². The monoisotopic (exact) mass is 381 g/mol. The van der Waals surface area contributed by atoms with Crippen LogP contribution in [0, 0.1) is 0 Å². The van der Waals surface area contributed by atoms with Crippen molar-refractivity contribution in [2.45, 2.75) is 25.1 Å². The number of benzene rings is 1. The van der Waals surface area contributed by atoms with Gasteiger partial charge in [0.05, 0.1) is 12.3 Å². The molecule has 4 nitrogen and oxygen atoms in total. The van der Waals surface area contributed by atoms with Crippen molar-refractivity contribution in [1.29, 1.82) is 0 Å². The first-order valence-electron chi connectivity index (χ1n) is 6.81. The van der Waals surface area contributed by atoms with Gasteiger partial charge in [-0.25, -0.2) is 4.79 Å². The van der Waals surface area contributed by atoms with Crippen LogP contribution in [0.2, 0.25) is 10.0 Å². The second-order valence-electron chi connectivity index (χ2n) is 4.92. The summed E-state index contributed by atoms with van der Waals surface area (Å²) in [7, 11) is 0. The summed E-state index contributed by atoms with van der Waals surface area (Å²) in [5.74, 6) is -0.685. The molecule has 1 aliphatic rings. The quantitative estimate of drug-likeness (QED) is 0.563. The molecule has 1 aliphatic heterocycles. The Morgan fingerprint density at radius 1 is 1.38 bits per heavy atom. The number of alkyl halides is 3. The highest BCUT2D eigenvalue weighted by Crippen LogP contribution is 2.49. The van der Waals surface area contributed by atoms with Crippen LogP contribution in [-0.2, 0) is 20.0 Å². The van der Waals surface area contributed by atoms with Crippen LogP contribution in [0.3, 0.4) is 0 Å². The molecule has 1 aromatic rings. The van der Waals surface area contributed by atoms with Gasteiger partial charge in [0, 0.05) is 28.1 Å². The summed E-state index contributed by atoms with van der Waals surface area (Å²) in [6, 6.07) is 3.55. The molecule has 0 aliphatic carbocycles. The molecule has 1 aromatic carbocycles. The number of carbonyl (C=O) groups excluding carboxylic acids is 1. The van der Waals surface area contributed by atoms with Gasteiger partial charge < -0.3 is 9.57 Å². The lowest BCUT2D eigenvalue weighted by molar-refractivity contribution is -0.275. The van der Waals surface area contributed by atoms with Crippen LogP contribution in [0.4, 0.5) is 13.2 Å². The van der Waals surface area contributed by atoms with Crippen LogP contribution in [0.25, 0.3) is 0 Å². The molecule has 0 fully saturated rings. The second kappa shape index (κ2) is 7.03. The Hall–Kier alpha value is -1.73. The van der Waals surface area contributed by atoms with Crippen molar-refractivity contribution < 1.29 is 27.5 Å². The van der Waals surface area contributed by atoms with Gasteiger partial charge in [-0.1, -0.05) is 28.4 Å². The molecular formula is C15H12Cl2F3NO3. The first-order valence-corrected chi connectivity index (χ1v) is 7.57. The van der Waals surface area contributed by atoms with Crippen LogP contribution in [0.15, 0.2) is 35.5 Å². The zero-order valence-corrected chi connectivity index (χ0v) is 13.9. The van der Waals surface area contributed by atoms with Crippen molar-refractivity contribution in [3.8, 4) is 0 Å². The highest BCUT2D eigenvalue weighted by Gasteiger charge is 2.62. The Balaban J connectivity index is 2.32. The molecule has 130 valence electrons. The maximum atomic E-state index is 13.7. The highest BCUT2D eigenvalue weighted by atomic mass is 35.5. The van der Waals surface area contributed by atoms with E-state index in [1.54, 1.807) is 6.92 Å². The largest absolute Gasteiger partial charge is 0.463 e. The highest BCUT2D eigenvalue weighted by molar-refractivity contribution is 6.34. The van der Waals surface area contributed by atoms with Crippen molar-refractivity contribution >= 4 is 34.9 Å². The SMILES string of the molecule is CCOC(=O)/C=C/C1=NOC(c2cc(Cl)cc(Cl)c2)(C(F)(F)F)C1. The molecule has 0 bridgehead atoms. The van der Waals surface area contributed by atoms with Crippen molar-refractivity contribution in [1.82, 2.24) is 0 Å². The first kappa shape index (κ1) is 18.6. The zero-order valence-electron chi connectivity index (χ0n) is 12.4. The average molecular weight is 382 g/mol. The van der Waals surface area contributed by atoms with Crippen LogP contribution in [0.1, 0.15) is 18.9 Å². The minimum Gasteiger partial charge on any atom is -0.463 e. The van der Waals surface area contributed by atoms with Gasteiger partial charge in [0.1, 0.15) is 0 Å². The molecule has 1 unspecified atom stereocenters. The number of hydrogen-bond donors (Lipinski definition) is 0. The molecule has 24 heavy (non-hydrogen) atoms. The Labute approximate surface area is 145 Å². The fourth-order valence-corrected chi connectivity index (χ4v) is 2.68. The maximum absolute atomic E-state index is 13.7. The fourth-order valence-electron chi connectivity index (χ4n) is 2.16. The average Bonchev–Trinajstić information content (AvgIpc) is 2.90. The summed E-state index contributed by atoms with van der Waals surface area (Å²) >= 11 is 11.6. The van der Waals surface area contributed by atoms with Gasteiger partial charge in [0.15, 0.2) is 0 Å². The van der Waals surface area contributed by atoms with Crippen LogP contribution in [-0.4, -0.2) is 24.5 Å².